The zero-order chi connectivity index (χ0) is 8.55. The predicted molar refractivity (Wildman–Crippen MR) is 48.2 cm³/mol. The summed E-state index contributed by atoms with van der Waals surface area (Å²) in [5.74, 6) is 0.593. The molecule has 1 fully saturated rings. The van der Waals surface area contributed by atoms with Crippen molar-refractivity contribution >= 4 is 5.71 Å². The van der Waals surface area contributed by atoms with Crippen LogP contribution in [0.5, 0.6) is 0 Å². The van der Waals surface area contributed by atoms with E-state index < -0.39 is 0 Å². The molecule has 0 radical (unpaired) electrons. The molecule has 0 bridgehead atoms. The minimum absolute atomic E-state index is 0.538. The number of hydrazone groups is 1. The van der Waals surface area contributed by atoms with Crippen LogP contribution < -0.4 is 0 Å². The van der Waals surface area contributed by atoms with Crippen LogP contribution in [0, 0.1) is 5.92 Å². The number of ether oxygens (including phenoxy) is 1. The Bertz CT molecular complexity index is 201. The standard InChI is InChI=1S/C9H16N2O/c1-7(2)9-5-8-6-12-4-3-11(8)10-9/h7-8H,3-6H2,1-2H3. The second-order valence-electron chi connectivity index (χ2n) is 3.84. The molecule has 3 heteroatoms. The first-order valence-corrected chi connectivity index (χ1v) is 4.69. The lowest BCUT2D eigenvalue weighted by atomic mass is 10.0. The second kappa shape index (κ2) is 3.05. The molecule has 3 nitrogen and oxygen atoms in total. The number of morpholine rings is 1. The maximum absolute atomic E-state index is 5.40. The SMILES string of the molecule is CC(C)C1=NN2CCOCC2C1. The Labute approximate surface area is 73.4 Å². The topological polar surface area (TPSA) is 24.8 Å². The molecular formula is C9H16N2O. The first kappa shape index (κ1) is 8.05. The molecular weight excluding hydrogens is 152 g/mol. The van der Waals surface area contributed by atoms with Gasteiger partial charge < -0.3 is 4.74 Å². The number of rotatable bonds is 1. The van der Waals surface area contributed by atoms with Gasteiger partial charge in [0, 0.05) is 12.1 Å². The molecule has 0 spiro atoms. The van der Waals surface area contributed by atoms with Crippen molar-refractivity contribution in [2.24, 2.45) is 11.0 Å². The molecule has 0 aliphatic carbocycles. The van der Waals surface area contributed by atoms with Crippen LogP contribution in [0.15, 0.2) is 5.10 Å². The van der Waals surface area contributed by atoms with Crippen LogP contribution in [0.1, 0.15) is 20.3 Å². The summed E-state index contributed by atoms with van der Waals surface area (Å²) in [6.07, 6.45) is 1.11. The maximum atomic E-state index is 5.40. The lowest BCUT2D eigenvalue weighted by Gasteiger charge is -2.28. The van der Waals surface area contributed by atoms with Gasteiger partial charge >= 0.3 is 0 Å². The Morgan fingerprint density at radius 1 is 1.58 bits per heavy atom. The van der Waals surface area contributed by atoms with E-state index in [1.807, 2.05) is 0 Å². The summed E-state index contributed by atoms with van der Waals surface area (Å²) in [5, 5.41) is 6.77. The largest absolute Gasteiger partial charge is 0.377 e. The molecule has 0 N–H and O–H groups in total. The molecule has 2 heterocycles. The molecule has 1 unspecified atom stereocenters. The average Bonchev–Trinajstić information content (AvgIpc) is 2.46. The third-order valence-corrected chi connectivity index (χ3v) is 2.56. The number of nitrogens with zero attached hydrogens (tertiary/aromatic N) is 2. The zero-order valence-electron chi connectivity index (χ0n) is 7.79. The second-order valence-corrected chi connectivity index (χ2v) is 3.84. The Balaban J connectivity index is 2.04. The van der Waals surface area contributed by atoms with E-state index in [0.29, 0.717) is 12.0 Å². The van der Waals surface area contributed by atoms with Gasteiger partial charge in [0.1, 0.15) is 0 Å². The van der Waals surface area contributed by atoms with Crippen molar-refractivity contribution in [3.05, 3.63) is 0 Å². The van der Waals surface area contributed by atoms with Crippen molar-refractivity contribution in [1.29, 1.82) is 0 Å². The molecule has 0 saturated carbocycles. The highest BCUT2D eigenvalue weighted by Gasteiger charge is 2.29. The summed E-state index contributed by atoms with van der Waals surface area (Å²) in [6.45, 7) is 7.09. The fourth-order valence-electron chi connectivity index (χ4n) is 1.74. The van der Waals surface area contributed by atoms with Crippen molar-refractivity contribution in [1.82, 2.24) is 5.01 Å². The van der Waals surface area contributed by atoms with Gasteiger partial charge in [-0.2, -0.15) is 5.10 Å². The van der Waals surface area contributed by atoms with Crippen molar-refractivity contribution < 1.29 is 4.74 Å². The van der Waals surface area contributed by atoms with Crippen molar-refractivity contribution in [3.63, 3.8) is 0 Å². The molecule has 2 aliphatic heterocycles. The van der Waals surface area contributed by atoms with Crippen LogP contribution in [0.25, 0.3) is 0 Å². The molecule has 0 aromatic heterocycles. The molecule has 2 aliphatic rings. The number of hydrogen-bond acceptors (Lipinski definition) is 3. The zero-order valence-corrected chi connectivity index (χ0v) is 7.79. The van der Waals surface area contributed by atoms with Crippen LogP contribution in [0.4, 0.5) is 0 Å². The van der Waals surface area contributed by atoms with Gasteiger partial charge in [-0.15, -0.1) is 0 Å². The Hall–Kier alpha value is -0.570. The normalized spacial score (nSPS) is 29.1. The van der Waals surface area contributed by atoms with E-state index in [4.69, 9.17) is 4.74 Å². The van der Waals surface area contributed by atoms with Crippen LogP contribution in [0.2, 0.25) is 0 Å². The van der Waals surface area contributed by atoms with E-state index in [1.165, 1.54) is 5.71 Å². The van der Waals surface area contributed by atoms with Gasteiger partial charge in [-0.05, 0) is 5.92 Å². The molecule has 0 aromatic carbocycles. The first-order chi connectivity index (χ1) is 5.77. The molecule has 12 heavy (non-hydrogen) atoms. The van der Waals surface area contributed by atoms with Crippen LogP contribution in [0.3, 0.4) is 0 Å². The molecule has 68 valence electrons. The van der Waals surface area contributed by atoms with E-state index in [2.05, 4.69) is 24.0 Å². The highest BCUT2D eigenvalue weighted by Crippen LogP contribution is 2.21. The highest BCUT2D eigenvalue weighted by molar-refractivity contribution is 5.87. The van der Waals surface area contributed by atoms with E-state index >= 15 is 0 Å². The fourth-order valence-corrected chi connectivity index (χ4v) is 1.74. The van der Waals surface area contributed by atoms with E-state index in [9.17, 15) is 0 Å². The fraction of sp³-hybridized carbons (Fsp3) is 0.889. The van der Waals surface area contributed by atoms with Crippen LogP contribution in [-0.2, 0) is 4.74 Å². The van der Waals surface area contributed by atoms with E-state index in [1.54, 1.807) is 0 Å². The van der Waals surface area contributed by atoms with Crippen LogP contribution >= 0.6 is 0 Å². The third kappa shape index (κ3) is 1.33. The van der Waals surface area contributed by atoms with E-state index in [-0.39, 0.29) is 0 Å². The van der Waals surface area contributed by atoms with Gasteiger partial charge in [0.15, 0.2) is 0 Å². The van der Waals surface area contributed by atoms with Gasteiger partial charge in [0.2, 0.25) is 0 Å². The Morgan fingerprint density at radius 3 is 3.08 bits per heavy atom. The van der Waals surface area contributed by atoms with Gasteiger partial charge in [-0.3, -0.25) is 5.01 Å². The lowest BCUT2D eigenvalue weighted by Crippen LogP contribution is -2.38. The smallest absolute Gasteiger partial charge is 0.0758 e. The van der Waals surface area contributed by atoms with Gasteiger partial charge in [0.25, 0.3) is 0 Å². The summed E-state index contributed by atoms with van der Waals surface area (Å²) in [7, 11) is 0. The molecule has 2 rings (SSSR count). The Kier molecular flexibility index (Phi) is 2.05. The van der Waals surface area contributed by atoms with Gasteiger partial charge in [-0.25, -0.2) is 0 Å². The van der Waals surface area contributed by atoms with Crippen molar-refractivity contribution in [2.75, 3.05) is 19.8 Å². The highest BCUT2D eigenvalue weighted by atomic mass is 16.5. The first-order valence-electron chi connectivity index (χ1n) is 4.69. The average molecular weight is 168 g/mol. The number of fused-ring (bicyclic) bond motifs is 1. The summed E-state index contributed by atoms with van der Waals surface area (Å²) in [5.41, 5.74) is 1.34. The van der Waals surface area contributed by atoms with Gasteiger partial charge in [-0.1, -0.05) is 13.8 Å². The summed E-state index contributed by atoms with van der Waals surface area (Å²) >= 11 is 0. The molecule has 1 atom stereocenters. The molecule has 1 saturated heterocycles. The third-order valence-electron chi connectivity index (χ3n) is 2.56. The maximum Gasteiger partial charge on any atom is 0.0758 e. The molecule has 0 aromatic rings. The van der Waals surface area contributed by atoms with Crippen LogP contribution in [-0.4, -0.2) is 36.5 Å². The minimum atomic E-state index is 0.538. The quantitative estimate of drug-likeness (QED) is 0.585. The summed E-state index contributed by atoms with van der Waals surface area (Å²) < 4.78 is 5.40. The van der Waals surface area contributed by atoms with Crippen molar-refractivity contribution in [3.8, 4) is 0 Å². The number of hydrogen-bond donors (Lipinski definition) is 0. The Morgan fingerprint density at radius 2 is 2.42 bits per heavy atom. The molecule has 0 amide bonds. The summed E-state index contributed by atoms with van der Waals surface area (Å²) in [6, 6.07) is 0.538. The minimum Gasteiger partial charge on any atom is -0.377 e. The van der Waals surface area contributed by atoms with Crippen molar-refractivity contribution in [2.45, 2.75) is 26.3 Å². The van der Waals surface area contributed by atoms with E-state index in [0.717, 1.165) is 26.2 Å². The lowest BCUT2D eigenvalue weighted by molar-refractivity contribution is 0.00475. The summed E-state index contributed by atoms with van der Waals surface area (Å²) in [4.78, 5) is 0. The van der Waals surface area contributed by atoms with Gasteiger partial charge in [0.05, 0.1) is 25.8 Å². The monoisotopic (exact) mass is 168 g/mol. The predicted octanol–water partition coefficient (Wildman–Crippen LogP) is 1.10.